The number of ether oxygens (including phenoxy) is 6. The van der Waals surface area contributed by atoms with Gasteiger partial charge in [0.15, 0.2) is 18.9 Å². The van der Waals surface area contributed by atoms with E-state index >= 15 is 0 Å². The molecule has 3 rings (SSSR count). The molecular weight excluding hydrogens is 1170 g/mol. The van der Waals surface area contributed by atoms with Crippen molar-refractivity contribution in [1.82, 2.24) is 5.32 Å². The van der Waals surface area contributed by atoms with Gasteiger partial charge >= 0.3 is 0 Å². The summed E-state index contributed by atoms with van der Waals surface area (Å²) < 4.78 is 34.2. The van der Waals surface area contributed by atoms with Crippen molar-refractivity contribution in [3.05, 3.63) is 60.8 Å². The van der Waals surface area contributed by atoms with E-state index < -0.39 is 124 Å². The average Bonchev–Trinajstić information content (AvgIpc) is 0.878. The van der Waals surface area contributed by atoms with E-state index in [1.807, 2.05) is 6.08 Å². The predicted molar refractivity (Wildman–Crippen MR) is 355 cm³/mol. The van der Waals surface area contributed by atoms with Crippen LogP contribution in [-0.2, 0) is 33.2 Å². The van der Waals surface area contributed by atoms with Crippen LogP contribution in [0.1, 0.15) is 258 Å². The first-order valence-electron chi connectivity index (χ1n) is 36.0. The number of unbranched alkanes of at least 4 members (excludes halogenated alkanes) is 31. The van der Waals surface area contributed by atoms with Crippen LogP contribution in [0.3, 0.4) is 0 Å². The Kier molecular flexibility index (Phi) is 48.7. The number of amides is 1. The quantitative estimate of drug-likeness (QED) is 0.0199. The fourth-order valence-electron chi connectivity index (χ4n) is 11.9. The summed E-state index contributed by atoms with van der Waals surface area (Å²) >= 11 is 0. The molecule has 3 heterocycles. The van der Waals surface area contributed by atoms with Gasteiger partial charge in [-0.15, -0.1) is 0 Å². The molecule has 1 amide bonds. The van der Waals surface area contributed by atoms with Gasteiger partial charge in [0.05, 0.1) is 38.6 Å². The van der Waals surface area contributed by atoms with Gasteiger partial charge in [0.1, 0.15) is 73.2 Å². The molecule has 17 atom stereocenters. The summed E-state index contributed by atoms with van der Waals surface area (Å²) in [7, 11) is 0. The van der Waals surface area contributed by atoms with Crippen molar-refractivity contribution in [2.75, 3.05) is 26.4 Å². The number of allylic oxidation sites excluding steroid dienone is 9. The second-order valence-electron chi connectivity index (χ2n) is 25.7. The van der Waals surface area contributed by atoms with Crippen LogP contribution in [0.5, 0.6) is 0 Å². The maximum absolute atomic E-state index is 13.3. The standard InChI is InChI=1S/C72H129NO18/c1-3-5-7-9-11-13-14-15-16-17-18-19-20-21-22-23-24-25-26-27-28-29-30-31-32-33-34-35-36-37-38-39-40-42-44-46-48-50-60(78)73-55(56(77)49-47-45-43-41-12-10-8-6-4-2)54-86-70-66(84)63(81)68(58(52-75)88-70)91-72-67(85)64(82)69(59(53-76)89-72)90-71-65(83)62(80)61(79)57(51-74)87-71/h12,14-15,17-18,20-21,41,47,49,55-59,61-72,74-77,79-85H,3-11,13,16,19,22-40,42-46,48,50-54H2,1-2H3,(H,73,78)/b15-14-,18-17-,21-20-,41-12+,49-47+. The van der Waals surface area contributed by atoms with E-state index in [1.165, 1.54) is 167 Å². The van der Waals surface area contributed by atoms with Crippen molar-refractivity contribution in [2.24, 2.45) is 0 Å². The van der Waals surface area contributed by atoms with Crippen molar-refractivity contribution < 1.29 is 89.4 Å². The summed E-state index contributed by atoms with van der Waals surface area (Å²) in [6.07, 6.45) is 39.8. The number of rotatable bonds is 55. The maximum Gasteiger partial charge on any atom is 0.220 e. The molecule has 12 N–H and O–H groups in total. The third-order valence-corrected chi connectivity index (χ3v) is 17.8. The van der Waals surface area contributed by atoms with Crippen molar-refractivity contribution in [2.45, 2.75) is 362 Å². The monoisotopic (exact) mass is 1300 g/mol. The fraction of sp³-hybridized carbons (Fsp3) is 0.847. The average molecular weight is 1300 g/mol. The molecule has 91 heavy (non-hydrogen) atoms. The van der Waals surface area contributed by atoms with E-state index in [0.29, 0.717) is 12.8 Å². The third kappa shape index (κ3) is 35.4. The van der Waals surface area contributed by atoms with E-state index in [1.54, 1.807) is 6.08 Å². The van der Waals surface area contributed by atoms with Crippen LogP contribution < -0.4 is 5.32 Å². The minimum Gasteiger partial charge on any atom is -0.394 e. The third-order valence-electron chi connectivity index (χ3n) is 17.8. The minimum atomic E-state index is -1.98. The summed E-state index contributed by atoms with van der Waals surface area (Å²) in [6.45, 7) is 1.64. The first-order chi connectivity index (χ1) is 44.3. The Morgan fingerprint density at radius 3 is 1.20 bits per heavy atom. The molecule has 0 aromatic carbocycles. The largest absolute Gasteiger partial charge is 0.394 e. The van der Waals surface area contributed by atoms with Crippen molar-refractivity contribution in [3.8, 4) is 0 Å². The van der Waals surface area contributed by atoms with Gasteiger partial charge in [-0.3, -0.25) is 4.79 Å². The first kappa shape index (κ1) is 82.7. The highest BCUT2D eigenvalue weighted by molar-refractivity contribution is 5.76. The Labute approximate surface area is 547 Å². The van der Waals surface area contributed by atoms with E-state index in [-0.39, 0.29) is 18.9 Å². The van der Waals surface area contributed by atoms with Gasteiger partial charge < -0.3 is 89.9 Å². The van der Waals surface area contributed by atoms with Crippen LogP contribution in [-0.4, -0.2) is 193 Å². The van der Waals surface area contributed by atoms with E-state index in [4.69, 9.17) is 28.4 Å². The Morgan fingerprint density at radius 2 is 0.736 bits per heavy atom. The lowest BCUT2D eigenvalue weighted by molar-refractivity contribution is -0.379. The van der Waals surface area contributed by atoms with Crippen LogP contribution in [0.15, 0.2) is 60.8 Å². The molecule has 0 aromatic rings. The molecular formula is C72H129NO18. The highest BCUT2D eigenvalue weighted by Crippen LogP contribution is 2.33. The summed E-state index contributed by atoms with van der Waals surface area (Å²) in [5, 5.41) is 120. The van der Waals surface area contributed by atoms with Crippen molar-refractivity contribution >= 4 is 5.91 Å². The number of aliphatic hydroxyl groups is 11. The highest BCUT2D eigenvalue weighted by atomic mass is 16.8. The lowest BCUT2D eigenvalue weighted by Gasteiger charge is -2.48. The van der Waals surface area contributed by atoms with Gasteiger partial charge in [-0.05, 0) is 70.6 Å². The zero-order valence-electron chi connectivity index (χ0n) is 56.1. The predicted octanol–water partition coefficient (Wildman–Crippen LogP) is 9.94. The van der Waals surface area contributed by atoms with E-state index in [0.717, 1.165) is 57.8 Å². The van der Waals surface area contributed by atoms with E-state index in [9.17, 15) is 61.0 Å². The van der Waals surface area contributed by atoms with Crippen molar-refractivity contribution in [3.63, 3.8) is 0 Å². The van der Waals surface area contributed by atoms with Crippen LogP contribution in [0.25, 0.3) is 0 Å². The zero-order valence-corrected chi connectivity index (χ0v) is 56.1. The molecule has 0 bridgehead atoms. The smallest absolute Gasteiger partial charge is 0.220 e. The molecule has 0 aromatic heterocycles. The highest BCUT2D eigenvalue weighted by Gasteiger charge is 2.53. The molecule has 0 aliphatic carbocycles. The Bertz CT molecular complexity index is 1890. The van der Waals surface area contributed by atoms with Crippen LogP contribution in [0.4, 0.5) is 0 Å². The lowest BCUT2D eigenvalue weighted by Crippen LogP contribution is -2.66. The zero-order chi connectivity index (χ0) is 66.1. The molecule has 3 aliphatic rings. The molecule has 0 radical (unpaired) electrons. The van der Waals surface area contributed by atoms with Gasteiger partial charge in [0.2, 0.25) is 5.91 Å². The summed E-state index contributed by atoms with van der Waals surface area (Å²) in [6, 6.07) is -0.988. The summed E-state index contributed by atoms with van der Waals surface area (Å²) in [5.41, 5.74) is 0. The van der Waals surface area contributed by atoms with Gasteiger partial charge in [-0.25, -0.2) is 0 Å². The van der Waals surface area contributed by atoms with Crippen LogP contribution in [0.2, 0.25) is 0 Å². The molecule has 0 saturated carbocycles. The molecule has 19 nitrogen and oxygen atoms in total. The minimum absolute atomic E-state index is 0.236. The van der Waals surface area contributed by atoms with Gasteiger partial charge in [0, 0.05) is 6.42 Å². The second kappa shape index (κ2) is 53.6. The number of aliphatic hydroxyl groups excluding tert-OH is 11. The number of carbonyl (C=O) groups is 1. The first-order valence-corrected chi connectivity index (χ1v) is 36.0. The molecule has 0 spiro atoms. The number of carbonyl (C=O) groups excluding carboxylic acids is 1. The molecule has 3 saturated heterocycles. The maximum atomic E-state index is 13.3. The Hall–Kier alpha value is -2.51. The fourth-order valence-corrected chi connectivity index (χ4v) is 11.9. The van der Waals surface area contributed by atoms with E-state index in [2.05, 4.69) is 67.8 Å². The molecule has 3 fully saturated rings. The number of hydrogen-bond acceptors (Lipinski definition) is 18. The van der Waals surface area contributed by atoms with Gasteiger partial charge in [0.25, 0.3) is 0 Å². The normalized spacial score (nSPS) is 28.2. The lowest BCUT2D eigenvalue weighted by atomic mass is 9.96. The van der Waals surface area contributed by atoms with Gasteiger partial charge in [-0.2, -0.15) is 0 Å². The Balaban J connectivity index is 1.28. The Morgan fingerprint density at radius 1 is 0.396 bits per heavy atom. The molecule has 530 valence electrons. The molecule has 19 heteroatoms. The van der Waals surface area contributed by atoms with Crippen LogP contribution in [0, 0.1) is 0 Å². The summed E-state index contributed by atoms with van der Waals surface area (Å²) in [5.74, 6) is -0.286. The SMILES string of the molecule is CCCCC/C=C/CC/C=C/C(O)C(COC1OC(CO)C(OC2OC(CO)C(OC3OC(CO)C(O)C(O)C3O)C(O)C2O)C(O)C1O)NC(=O)CCCCCCCCCCCCCCCCCCCCCCCC/C=C\C/C=C\C/C=C\CCCCCCC. The number of nitrogens with one attached hydrogen (secondary N) is 1. The molecule has 3 aliphatic heterocycles. The van der Waals surface area contributed by atoms with Crippen molar-refractivity contribution in [1.29, 1.82) is 0 Å². The van der Waals surface area contributed by atoms with Crippen LogP contribution >= 0.6 is 0 Å². The van der Waals surface area contributed by atoms with Gasteiger partial charge in [-0.1, -0.05) is 242 Å². The topological polar surface area (TPSA) is 307 Å². The second-order valence-corrected chi connectivity index (χ2v) is 25.7. The summed E-state index contributed by atoms with van der Waals surface area (Å²) in [4.78, 5) is 13.3. The molecule has 17 unspecified atom stereocenters. The number of hydrogen-bond donors (Lipinski definition) is 12.